The van der Waals surface area contributed by atoms with Crippen LogP contribution in [0.4, 0.5) is 0 Å². The van der Waals surface area contributed by atoms with E-state index in [4.69, 9.17) is 27.9 Å². The van der Waals surface area contributed by atoms with Gasteiger partial charge in [0.15, 0.2) is 16.4 Å². The van der Waals surface area contributed by atoms with Crippen LogP contribution in [0.5, 0.6) is 5.75 Å². The molecule has 0 spiro atoms. The smallest absolute Gasteiger partial charge is 0.261 e. The second-order valence-electron chi connectivity index (χ2n) is 6.66. The van der Waals surface area contributed by atoms with Crippen molar-refractivity contribution < 1.29 is 17.9 Å². The van der Waals surface area contributed by atoms with Crippen LogP contribution in [-0.4, -0.2) is 49.4 Å². The van der Waals surface area contributed by atoms with E-state index in [0.717, 1.165) is 25.7 Å². The van der Waals surface area contributed by atoms with Crippen molar-refractivity contribution in [3.05, 3.63) is 28.2 Å². The van der Waals surface area contributed by atoms with Crippen molar-refractivity contribution in [2.24, 2.45) is 0 Å². The van der Waals surface area contributed by atoms with Crippen molar-refractivity contribution in [3.8, 4) is 5.75 Å². The number of hydrogen-bond donors (Lipinski definition) is 0. The first-order chi connectivity index (χ1) is 11.9. The fraction of sp³-hybridized carbons (Fsp3) is 0.588. The molecule has 1 unspecified atom stereocenters. The third-order valence-corrected chi connectivity index (χ3v) is 7.15. The molecular formula is C17H21Cl2NO4S. The SMILES string of the molecule is O=C(COc1cc(Cl)ccc1Cl)N(C1CCCC1)C1CCS(=O)(=O)C1. The van der Waals surface area contributed by atoms with Crippen LogP contribution in [-0.2, 0) is 14.6 Å². The number of amides is 1. The number of sulfone groups is 1. The maximum absolute atomic E-state index is 12.8. The van der Waals surface area contributed by atoms with Gasteiger partial charge >= 0.3 is 0 Å². The molecule has 0 aromatic heterocycles. The average Bonchev–Trinajstić information content (AvgIpc) is 3.19. The zero-order chi connectivity index (χ0) is 18.0. The highest BCUT2D eigenvalue weighted by Gasteiger charge is 2.39. The van der Waals surface area contributed by atoms with Crippen LogP contribution in [0.2, 0.25) is 10.0 Å². The van der Waals surface area contributed by atoms with Crippen molar-refractivity contribution in [1.82, 2.24) is 4.90 Å². The summed E-state index contributed by atoms with van der Waals surface area (Å²) < 4.78 is 29.3. The van der Waals surface area contributed by atoms with Gasteiger partial charge in [0.25, 0.3) is 5.91 Å². The lowest BCUT2D eigenvalue weighted by atomic mass is 10.1. The van der Waals surface area contributed by atoms with Crippen molar-refractivity contribution in [1.29, 1.82) is 0 Å². The van der Waals surface area contributed by atoms with E-state index in [1.165, 1.54) is 0 Å². The molecule has 1 saturated carbocycles. The lowest BCUT2D eigenvalue weighted by Gasteiger charge is -2.34. The Labute approximate surface area is 158 Å². The van der Waals surface area contributed by atoms with Crippen molar-refractivity contribution in [3.63, 3.8) is 0 Å². The summed E-state index contributed by atoms with van der Waals surface area (Å²) in [6.07, 6.45) is 4.46. The standard InChI is InChI=1S/C17H21Cl2NO4S/c18-12-5-6-15(19)16(9-12)24-10-17(21)20(13-3-1-2-4-13)14-7-8-25(22,23)11-14/h5-6,9,13-14H,1-4,7-8,10-11H2. The first-order valence-electron chi connectivity index (χ1n) is 8.45. The number of nitrogens with zero attached hydrogens (tertiary/aromatic N) is 1. The summed E-state index contributed by atoms with van der Waals surface area (Å²) >= 11 is 12.0. The van der Waals surface area contributed by atoms with Gasteiger partial charge in [-0.25, -0.2) is 8.42 Å². The number of hydrogen-bond acceptors (Lipinski definition) is 4. The Balaban J connectivity index is 1.72. The fourth-order valence-corrected chi connectivity index (χ4v) is 5.73. The lowest BCUT2D eigenvalue weighted by Crippen LogP contribution is -2.48. The number of ether oxygens (including phenoxy) is 1. The largest absolute Gasteiger partial charge is 0.482 e. The summed E-state index contributed by atoms with van der Waals surface area (Å²) in [6.45, 7) is -0.174. The molecule has 5 nitrogen and oxygen atoms in total. The fourth-order valence-electron chi connectivity index (χ4n) is 3.68. The molecule has 0 radical (unpaired) electrons. The molecule has 1 amide bonds. The van der Waals surface area contributed by atoms with Crippen LogP contribution in [0.3, 0.4) is 0 Å². The molecule has 1 aromatic carbocycles. The maximum atomic E-state index is 12.8. The number of carbonyl (C=O) groups excluding carboxylic acids is 1. The minimum absolute atomic E-state index is 0.0488. The van der Waals surface area contributed by atoms with Crippen LogP contribution in [0.15, 0.2) is 18.2 Å². The quantitative estimate of drug-likeness (QED) is 0.753. The average molecular weight is 406 g/mol. The summed E-state index contributed by atoms with van der Waals surface area (Å²) in [4.78, 5) is 14.6. The Morgan fingerprint density at radius 1 is 1.16 bits per heavy atom. The molecular weight excluding hydrogens is 385 g/mol. The summed E-state index contributed by atoms with van der Waals surface area (Å²) in [5, 5.41) is 0.856. The number of benzene rings is 1. The predicted molar refractivity (Wildman–Crippen MR) is 98.1 cm³/mol. The van der Waals surface area contributed by atoms with Gasteiger partial charge in [0.05, 0.1) is 16.5 Å². The highest BCUT2D eigenvalue weighted by molar-refractivity contribution is 7.91. The summed E-state index contributed by atoms with van der Waals surface area (Å²) in [5.41, 5.74) is 0. The molecule has 138 valence electrons. The van der Waals surface area contributed by atoms with Gasteiger partial charge in [0, 0.05) is 23.2 Å². The second-order valence-corrected chi connectivity index (χ2v) is 9.73. The Bertz CT molecular complexity index is 747. The van der Waals surface area contributed by atoms with E-state index in [-0.39, 0.29) is 36.1 Å². The summed E-state index contributed by atoms with van der Waals surface area (Å²) in [6, 6.07) is 4.68. The van der Waals surface area contributed by atoms with Gasteiger partial charge in [0.1, 0.15) is 5.75 Å². The van der Waals surface area contributed by atoms with Crippen LogP contribution in [0, 0.1) is 0 Å². The Morgan fingerprint density at radius 3 is 2.52 bits per heavy atom. The number of halogens is 2. The van der Waals surface area contributed by atoms with E-state index in [1.54, 1.807) is 23.1 Å². The lowest BCUT2D eigenvalue weighted by molar-refractivity contribution is -0.137. The van der Waals surface area contributed by atoms with Crippen LogP contribution < -0.4 is 4.74 Å². The molecule has 1 aromatic rings. The Morgan fingerprint density at radius 2 is 1.88 bits per heavy atom. The van der Waals surface area contributed by atoms with Gasteiger partial charge in [-0.3, -0.25) is 4.79 Å². The minimum atomic E-state index is -3.06. The Kier molecular flexibility index (Phi) is 5.81. The van der Waals surface area contributed by atoms with E-state index < -0.39 is 9.84 Å². The van der Waals surface area contributed by atoms with Gasteiger partial charge in [-0.05, 0) is 31.4 Å². The first-order valence-corrected chi connectivity index (χ1v) is 11.0. The van der Waals surface area contributed by atoms with E-state index in [1.807, 2.05) is 0 Å². The van der Waals surface area contributed by atoms with Crippen molar-refractivity contribution in [2.45, 2.75) is 44.2 Å². The van der Waals surface area contributed by atoms with Crippen LogP contribution >= 0.6 is 23.2 Å². The molecule has 1 heterocycles. The molecule has 1 saturated heterocycles. The molecule has 1 atom stereocenters. The Hall–Kier alpha value is -0.980. The van der Waals surface area contributed by atoms with Crippen molar-refractivity contribution in [2.75, 3.05) is 18.1 Å². The molecule has 3 rings (SSSR count). The van der Waals surface area contributed by atoms with Gasteiger partial charge in [-0.1, -0.05) is 36.0 Å². The number of carbonyl (C=O) groups is 1. The number of rotatable bonds is 5. The van der Waals surface area contributed by atoms with Crippen LogP contribution in [0.1, 0.15) is 32.1 Å². The highest BCUT2D eigenvalue weighted by Crippen LogP contribution is 2.30. The highest BCUT2D eigenvalue weighted by atomic mass is 35.5. The predicted octanol–water partition coefficient (Wildman–Crippen LogP) is 3.33. The molecule has 25 heavy (non-hydrogen) atoms. The molecule has 0 N–H and O–H groups in total. The molecule has 2 fully saturated rings. The van der Waals surface area contributed by atoms with Crippen LogP contribution in [0.25, 0.3) is 0 Å². The molecule has 1 aliphatic carbocycles. The maximum Gasteiger partial charge on any atom is 0.261 e. The van der Waals surface area contributed by atoms with Gasteiger partial charge in [0.2, 0.25) is 0 Å². The summed E-state index contributed by atoms with van der Waals surface area (Å²) in [7, 11) is -3.06. The third kappa shape index (κ3) is 4.60. The van der Waals surface area contributed by atoms with Crippen molar-refractivity contribution >= 4 is 38.9 Å². The zero-order valence-electron chi connectivity index (χ0n) is 13.8. The minimum Gasteiger partial charge on any atom is -0.482 e. The zero-order valence-corrected chi connectivity index (χ0v) is 16.1. The first kappa shape index (κ1) is 18.8. The third-order valence-electron chi connectivity index (χ3n) is 4.85. The second kappa shape index (κ2) is 7.72. The monoisotopic (exact) mass is 405 g/mol. The van der Waals surface area contributed by atoms with Gasteiger partial charge in [-0.15, -0.1) is 0 Å². The van der Waals surface area contributed by atoms with Gasteiger partial charge < -0.3 is 9.64 Å². The van der Waals surface area contributed by atoms with Gasteiger partial charge in [-0.2, -0.15) is 0 Å². The normalized spacial score (nSPS) is 22.9. The van der Waals surface area contributed by atoms with E-state index in [9.17, 15) is 13.2 Å². The van der Waals surface area contributed by atoms with E-state index >= 15 is 0 Å². The molecule has 1 aliphatic heterocycles. The molecule has 2 aliphatic rings. The topological polar surface area (TPSA) is 63.7 Å². The molecule has 0 bridgehead atoms. The van der Waals surface area contributed by atoms with E-state index in [0.29, 0.717) is 22.2 Å². The molecule has 8 heteroatoms. The summed E-state index contributed by atoms with van der Waals surface area (Å²) in [5.74, 6) is 0.362. The van der Waals surface area contributed by atoms with E-state index in [2.05, 4.69) is 0 Å².